The number of aromatic nitrogens is 3. The summed E-state index contributed by atoms with van der Waals surface area (Å²) in [5, 5.41) is 12.8. The monoisotopic (exact) mass is 339 g/mol. The third kappa shape index (κ3) is 4.01. The van der Waals surface area contributed by atoms with Crippen molar-refractivity contribution in [3.05, 3.63) is 60.7 Å². The molecule has 1 amide bonds. The van der Waals surface area contributed by atoms with Crippen molar-refractivity contribution >= 4 is 23.5 Å². The molecule has 0 saturated carbocycles. The summed E-state index contributed by atoms with van der Waals surface area (Å²) in [4.78, 5) is 17.1. The number of benzene rings is 1. The Kier molecular flexibility index (Phi) is 4.93. The molecule has 2 aromatic heterocycles. The van der Waals surface area contributed by atoms with Gasteiger partial charge in [0.15, 0.2) is 0 Å². The van der Waals surface area contributed by atoms with Gasteiger partial charge in [-0.25, -0.2) is 0 Å². The fourth-order valence-electron chi connectivity index (χ4n) is 2.37. The number of aryl methyl sites for hydroxylation is 1. The zero-order chi connectivity index (χ0) is 16.9. The Morgan fingerprint density at radius 3 is 2.71 bits per heavy atom. The lowest BCUT2D eigenvalue weighted by Gasteiger charge is -2.09. The Labute approximate surface area is 144 Å². The number of rotatable bonds is 5. The Balaban J connectivity index is 1.81. The fourth-order valence-corrected chi connectivity index (χ4v) is 2.76. The molecule has 1 aromatic carbocycles. The van der Waals surface area contributed by atoms with E-state index in [9.17, 15) is 4.79 Å². The molecule has 3 N–H and O–H groups in total. The molecule has 0 unspecified atom stereocenters. The Morgan fingerprint density at radius 2 is 2.04 bits per heavy atom. The van der Waals surface area contributed by atoms with Gasteiger partial charge in [0.25, 0.3) is 0 Å². The number of hydrogen-bond acceptors (Lipinski definition) is 5. The average molecular weight is 339 g/mol. The first-order valence-electron chi connectivity index (χ1n) is 7.33. The maximum atomic E-state index is 12.2. The number of nitrogens with two attached hydrogens (primary N) is 1. The first-order valence-corrected chi connectivity index (χ1v) is 8.21. The highest BCUT2D eigenvalue weighted by atomic mass is 32.2. The lowest BCUT2D eigenvalue weighted by Crippen LogP contribution is -2.14. The van der Waals surface area contributed by atoms with Crippen LogP contribution in [0.2, 0.25) is 0 Å². The number of hydrogen-bond donors (Lipinski definition) is 2. The van der Waals surface area contributed by atoms with Gasteiger partial charge in [-0.15, -0.1) is 0 Å². The molecule has 122 valence electrons. The van der Waals surface area contributed by atoms with Crippen LogP contribution in [0.5, 0.6) is 0 Å². The normalized spacial score (nSPS) is 10.6. The second-order valence-electron chi connectivity index (χ2n) is 5.35. The van der Waals surface area contributed by atoms with E-state index in [1.807, 2.05) is 43.6 Å². The second-order valence-corrected chi connectivity index (χ2v) is 6.05. The van der Waals surface area contributed by atoms with Gasteiger partial charge >= 0.3 is 0 Å². The van der Waals surface area contributed by atoms with Gasteiger partial charge in [0.2, 0.25) is 5.91 Å². The van der Waals surface area contributed by atoms with E-state index in [1.165, 1.54) is 0 Å². The lowest BCUT2D eigenvalue weighted by atomic mass is 10.1. The van der Waals surface area contributed by atoms with Gasteiger partial charge in [-0.3, -0.25) is 19.6 Å². The number of amides is 1. The molecule has 0 bridgehead atoms. The van der Waals surface area contributed by atoms with E-state index >= 15 is 0 Å². The molecule has 0 spiro atoms. The number of anilines is 1. The van der Waals surface area contributed by atoms with Crippen molar-refractivity contribution in [2.75, 3.05) is 5.32 Å². The summed E-state index contributed by atoms with van der Waals surface area (Å²) >= 11 is 1.14. The highest BCUT2D eigenvalue weighted by molar-refractivity contribution is 7.97. The van der Waals surface area contributed by atoms with E-state index in [1.54, 1.807) is 23.3 Å². The topological polar surface area (TPSA) is 85.8 Å². The van der Waals surface area contributed by atoms with Gasteiger partial charge in [-0.2, -0.15) is 5.10 Å². The molecule has 24 heavy (non-hydrogen) atoms. The Hall–Kier alpha value is -2.64. The van der Waals surface area contributed by atoms with Crippen molar-refractivity contribution in [1.29, 1.82) is 0 Å². The van der Waals surface area contributed by atoms with E-state index in [2.05, 4.69) is 15.4 Å². The Bertz CT molecular complexity index is 847. The zero-order valence-electron chi connectivity index (χ0n) is 13.1. The Morgan fingerprint density at radius 1 is 1.25 bits per heavy atom. The van der Waals surface area contributed by atoms with Crippen LogP contribution in [0.15, 0.2) is 60.0 Å². The molecule has 3 aromatic rings. The fraction of sp³-hybridized carbons (Fsp3) is 0.118. The maximum Gasteiger partial charge on any atom is 0.228 e. The molecule has 0 radical (unpaired) electrons. The number of nitrogens with zero attached hydrogens (tertiary/aromatic N) is 3. The molecular weight excluding hydrogens is 322 g/mol. The van der Waals surface area contributed by atoms with E-state index in [0.717, 1.165) is 33.5 Å². The molecule has 7 heteroatoms. The van der Waals surface area contributed by atoms with Crippen LogP contribution in [-0.4, -0.2) is 20.7 Å². The van der Waals surface area contributed by atoms with Crippen molar-refractivity contribution in [2.45, 2.75) is 11.3 Å². The van der Waals surface area contributed by atoms with Crippen LogP contribution in [-0.2, 0) is 18.3 Å². The molecular formula is C17H17N5OS. The summed E-state index contributed by atoms with van der Waals surface area (Å²) in [7, 11) is 1.86. The minimum Gasteiger partial charge on any atom is -0.326 e. The predicted octanol–water partition coefficient (Wildman–Crippen LogP) is 2.63. The van der Waals surface area contributed by atoms with Crippen molar-refractivity contribution in [1.82, 2.24) is 14.8 Å². The summed E-state index contributed by atoms with van der Waals surface area (Å²) in [5.74, 6) is -0.0856. The highest BCUT2D eigenvalue weighted by Gasteiger charge is 2.09. The summed E-state index contributed by atoms with van der Waals surface area (Å²) in [6.45, 7) is 0. The number of carbonyl (C=O) groups is 1. The molecule has 0 atom stereocenters. The SMILES string of the molecule is Cn1cc(-c2cc(NC(=O)Cc3ccncc3)cc(SN)c2)cn1. The molecule has 3 rings (SSSR count). The lowest BCUT2D eigenvalue weighted by molar-refractivity contribution is -0.115. The molecule has 0 aliphatic heterocycles. The maximum absolute atomic E-state index is 12.2. The quantitative estimate of drug-likeness (QED) is 0.698. The predicted molar refractivity (Wildman–Crippen MR) is 95.3 cm³/mol. The first-order chi connectivity index (χ1) is 11.6. The number of nitrogens with one attached hydrogen (secondary N) is 1. The van der Waals surface area contributed by atoms with Gasteiger partial charge in [0.05, 0.1) is 12.6 Å². The summed E-state index contributed by atoms with van der Waals surface area (Å²) in [6, 6.07) is 9.40. The smallest absolute Gasteiger partial charge is 0.228 e. The third-order valence-electron chi connectivity index (χ3n) is 3.48. The van der Waals surface area contributed by atoms with E-state index in [4.69, 9.17) is 5.14 Å². The van der Waals surface area contributed by atoms with Crippen molar-refractivity contribution < 1.29 is 4.79 Å². The van der Waals surface area contributed by atoms with Crippen molar-refractivity contribution in [2.24, 2.45) is 12.2 Å². The van der Waals surface area contributed by atoms with Crippen LogP contribution >= 0.6 is 11.9 Å². The van der Waals surface area contributed by atoms with Crippen molar-refractivity contribution in [3.8, 4) is 11.1 Å². The van der Waals surface area contributed by atoms with Gasteiger partial charge in [0.1, 0.15) is 0 Å². The minimum atomic E-state index is -0.0856. The van der Waals surface area contributed by atoms with Crippen LogP contribution in [0, 0.1) is 0 Å². The van der Waals surface area contributed by atoms with Crippen LogP contribution < -0.4 is 10.5 Å². The highest BCUT2D eigenvalue weighted by Crippen LogP contribution is 2.28. The summed E-state index contributed by atoms with van der Waals surface area (Å²) in [6.07, 6.45) is 7.35. The van der Waals surface area contributed by atoms with Gasteiger partial charge in [-0.05, 0) is 53.4 Å². The van der Waals surface area contributed by atoms with Crippen LogP contribution in [0.3, 0.4) is 0 Å². The third-order valence-corrected chi connectivity index (χ3v) is 3.99. The van der Waals surface area contributed by atoms with E-state index in [-0.39, 0.29) is 5.91 Å². The van der Waals surface area contributed by atoms with E-state index in [0.29, 0.717) is 12.1 Å². The zero-order valence-corrected chi connectivity index (χ0v) is 14.0. The molecule has 0 aliphatic carbocycles. The molecule has 6 nitrogen and oxygen atoms in total. The van der Waals surface area contributed by atoms with Gasteiger partial charge in [-0.1, -0.05) is 0 Å². The molecule has 0 fully saturated rings. The van der Waals surface area contributed by atoms with Crippen LogP contribution in [0.4, 0.5) is 5.69 Å². The number of carbonyl (C=O) groups excluding carboxylic acids is 1. The average Bonchev–Trinajstić information content (AvgIpc) is 3.02. The minimum absolute atomic E-state index is 0.0856. The van der Waals surface area contributed by atoms with E-state index < -0.39 is 0 Å². The molecule has 0 aliphatic rings. The summed E-state index contributed by atoms with van der Waals surface area (Å²) in [5.41, 5.74) is 3.55. The number of pyridine rings is 1. The second kappa shape index (κ2) is 7.29. The standard InChI is InChI=1S/C17H17N5OS/c1-22-11-14(10-20-22)13-7-15(9-16(8-13)24-18)21-17(23)6-12-2-4-19-5-3-12/h2-5,7-11H,6,18H2,1H3,(H,21,23). The largest absolute Gasteiger partial charge is 0.326 e. The van der Waals surface area contributed by atoms with Gasteiger partial charge < -0.3 is 5.32 Å². The molecule has 0 saturated heterocycles. The summed E-state index contributed by atoms with van der Waals surface area (Å²) < 4.78 is 1.74. The van der Waals surface area contributed by atoms with Crippen LogP contribution in [0.1, 0.15) is 5.56 Å². The van der Waals surface area contributed by atoms with Crippen molar-refractivity contribution in [3.63, 3.8) is 0 Å². The molecule has 2 heterocycles. The van der Waals surface area contributed by atoms with Crippen LogP contribution in [0.25, 0.3) is 11.1 Å². The first kappa shape index (κ1) is 16.2. The van der Waals surface area contributed by atoms with Gasteiger partial charge in [0, 0.05) is 41.8 Å².